The van der Waals surface area contributed by atoms with Crippen molar-refractivity contribution in [2.75, 3.05) is 35.0 Å². The fraction of sp³-hybridized carbons (Fsp3) is 0.379. The molecule has 0 aromatic heterocycles. The summed E-state index contributed by atoms with van der Waals surface area (Å²) in [5, 5.41) is 3.29. The number of benzene rings is 2. The number of carbonyl (C=O) groups excluding carboxylic acids is 2. The van der Waals surface area contributed by atoms with E-state index in [1.54, 1.807) is 47.5 Å². The normalized spacial score (nSPS) is 21.1. The second kappa shape index (κ2) is 11.0. The second-order valence-electron chi connectivity index (χ2n) is 9.00. The molecule has 8 nitrogen and oxygen atoms in total. The van der Waals surface area contributed by atoms with E-state index in [0.717, 1.165) is 11.3 Å². The Labute approximate surface area is 217 Å². The maximum absolute atomic E-state index is 13.8. The van der Waals surface area contributed by atoms with Crippen molar-refractivity contribution in [3.8, 4) is 23.0 Å². The first-order valence-corrected chi connectivity index (χ1v) is 12.2. The molecule has 0 saturated carbocycles. The summed E-state index contributed by atoms with van der Waals surface area (Å²) >= 11 is 0. The SMILES string of the molecule is C=C1NC2=C(C(=O)CC(c3ccc(OC)c(OC)c3)C2)C(c2ccc(OC)cc2OC)C1C(=O)OCC. The molecule has 2 aromatic rings. The Bertz CT molecular complexity index is 1250. The molecule has 0 spiro atoms. The van der Waals surface area contributed by atoms with E-state index in [-0.39, 0.29) is 24.7 Å². The van der Waals surface area contributed by atoms with Gasteiger partial charge in [-0.15, -0.1) is 0 Å². The van der Waals surface area contributed by atoms with Gasteiger partial charge in [0.15, 0.2) is 17.3 Å². The Balaban J connectivity index is 1.82. The van der Waals surface area contributed by atoms with E-state index < -0.39 is 17.8 Å². The zero-order chi connectivity index (χ0) is 26.7. The smallest absolute Gasteiger partial charge is 0.315 e. The lowest BCUT2D eigenvalue weighted by Crippen LogP contribution is -2.42. The summed E-state index contributed by atoms with van der Waals surface area (Å²) in [6, 6.07) is 11.1. The van der Waals surface area contributed by atoms with Gasteiger partial charge in [-0.1, -0.05) is 18.7 Å². The maximum Gasteiger partial charge on any atom is 0.315 e. The van der Waals surface area contributed by atoms with Crippen LogP contribution in [0.25, 0.3) is 0 Å². The Morgan fingerprint density at radius 1 is 0.946 bits per heavy atom. The van der Waals surface area contributed by atoms with Crippen LogP contribution in [0.5, 0.6) is 23.0 Å². The van der Waals surface area contributed by atoms with Gasteiger partial charge in [0.2, 0.25) is 0 Å². The summed E-state index contributed by atoms with van der Waals surface area (Å²) in [6.45, 7) is 6.14. The van der Waals surface area contributed by atoms with E-state index in [4.69, 9.17) is 23.7 Å². The molecule has 3 unspecified atom stereocenters. The predicted molar refractivity (Wildman–Crippen MR) is 138 cm³/mol. The summed E-state index contributed by atoms with van der Waals surface area (Å²) < 4.78 is 27.3. The van der Waals surface area contributed by atoms with Gasteiger partial charge in [-0.3, -0.25) is 9.59 Å². The highest BCUT2D eigenvalue weighted by molar-refractivity contribution is 6.01. The van der Waals surface area contributed by atoms with E-state index in [1.807, 2.05) is 24.3 Å². The van der Waals surface area contributed by atoms with Crippen LogP contribution in [0, 0.1) is 5.92 Å². The van der Waals surface area contributed by atoms with Gasteiger partial charge in [-0.25, -0.2) is 0 Å². The largest absolute Gasteiger partial charge is 0.497 e. The average Bonchev–Trinajstić information content (AvgIpc) is 2.91. The summed E-state index contributed by atoms with van der Waals surface area (Å²) in [6.07, 6.45) is 0.854. The first-order chi connectivity index (χ1) is 17.9. The summed E-state index contributed by atoms with van der Waals surface area (Å²) in [5.41, 5.74) is 3.47. The number of nitrogens with one attached hydrogen (secondary N) is 1. The Morgan fingerprint density at radius 2 is 1.68 bits per heavy atom. The number of hydrogen-bond acceptors (Lipinski definition) is 8. The fourth-order valence-electron chi connectivity index (χ4n) is 5.31. The molecule has 0 bridgehead atoms. The lowest BCUT2D eigenvalue weighted by molar-refractivity contribution is -0.147. The van der Waals surface area contributed by atoms with Crippen LogP contribution >= 0.6 is 0 Å². The van der Waals surface area contributed by atoms with Crippen LogP contribution in [-0.2, 0) is 14.3 Å². The number of ketones is 1. The van der Waals surface area contributed by atoms with Crippen molar-refractivity contribution in [1.29, 1.82) is 0 Å². The Kier molecular flexibility index (Phi) is 7.76. The molecule has 196 valence electrons. The van der Waals surface area contributed by atoms with Crippen LogP contribution in [0.2, 0.25) is 0 Å². The third-order valence-corrected chi connectivity index (χ3v) is 7.03. The summed E-state index contributed by atoms with van der Waals surface area (Å²) in [4.78, 5) is 27.0. The topological polar surface area (TPSA) is 92.3 Å². The van der Waals surface area contributed by atoms with Crippen LogP contribution in [0.1, 0.15) is 42.7 Å². The predicted octanol–water partition coefficient (Wildman–Crippen LogP) is 4.50. The maximum atomic E-state index is 13.8. The van der Waals surface area contributed by atoms with Gasteiger partial charge in [0.05, 0.1) is 35.0 Å². The Morgan fingerprint density at radius 3 is 2.32 bits per heavy atom. The van der Waals surface area contributed by atoms with Crippen molar-refractivity contribution >= 4 is 11.8 Å². The van der Waals surface area contributed by atoms with Crippen molar-refractivity contribution in [3.63, 3.8) is 0 Å². The van der Waals surface area contributed by atoms with E-state index in [0.29, 0.717) is 46.3 Å². The van der Waals surface area contributed by atoms with E-state index in [1.165, 1.54) is 0 Å². The van der Waals surface area contributed by atoms with Gasteiger partial charge in [0, 0.05) is 40.9 Å². The quantitative estimate of drug-likeness (QED) is 0.522. The molecule has 0 amide bonds. The second-order valence-corrected chi connectivity index (χ2v) is 9.00. The van der Waals surface area contributed by atoms with Gasteiger partial charge in [0.25, 0.3) is 0 Å². The molecule has 3 atom stereocenters. The van der Waals surface area contributed by atoms with Crippen LogP contribution < -0.4 is 24.3 Å². The molecular weight excluding hydrogens is 474 g/mol. The number of hydrogen-bond donors (Lipinski definition) is 1. The van der Waals surface area contributed by atoms with Crippen molar-refractivity contribution in [3.05, 3.63) is 71.1 Å². The van der Waals surface area contributed by atoms with Crippen molar-refractivity contribution < 1.29 is 33.3 Å². The molecule has 1 aliphatic carbocycles. The third-order valence-electron chi connectivity index (χ3n) is 7.03. The summed E-state index contributed by atoms with van der Waals surface area (Å²) in [5.74, 6) is 0.406. The molecule has 0 saturated heterocycles. The van der Waals surface area contributed by atoms with Gasteiger partial charge < -0.3 is 29.0 Å². The number of ether oxygens (including phenoxy) is 5. The van der Waals surface area contributed by atoms with E-state index in [2.05, 4.69) is 11.9 Å². The van der Waals surface area contributed by atoms with Gasteiger partial charge in [0.1, 0.15) is 17.4 Å². The van der Waals surface area contributed by atoms with Crippen LogP contribution in [0.3, 0.4) is 0 Å². The molecule has 1 N–H and O–H groups in total. The molecule has 37 heavy (non-hydrogen) atoms. The molecule has 0 fully saturated rings. The summed E-state index contributed by atoms with van der Waals surface area (Å²) in [7, 11) is 6.30. The Hall–Kier alpha value is -3.94. The molecule has 0 radical (unpaired) electrons. The molecule has 1 aliphatic heterocycles. The minimum atomic E-state index is -0.789. The minimum absolute atomic E-state index is 0.0433. The number of carbonyl (C=O) groups is 2. The van der Waals surface area contributed by atoms with Crippen molar-refractivity contribution in [2.45, 2.75) is 31.6 Å². The molecule has 1 heterocycles. The number of esters is 1. The molecule has 2 aromatic carbocycles. The standard InChI is InChI=1S/C29H33NO7/c1-7-37-29(32)26-16(2)30-21-12-18(17-8-11-23(34-4)25(14-17)36-6)13-22(31)28(21)27(26)20-10-9-19(33-3)15-24(20)35-5/h8-11,14-15,18,26-27,30H,2,7,12-13H2,1,3-6H3. The average molecular weight is 508 g/mol. The minimum Gasteiger partial charge on any atom is -0.497 e. The lowest BCUT2D eigenvalue weighted by atomic mass is 9.68. The molecule has 2 aliphatic rings. The molecule has 8 heteroatoms. The van der Waals surface area contributed by atoms with Crippen LogP contribution in [0.4, 0.5) is 0 Å². The van der Waals surface area contributed by atoms with Crippen LogP contribution in [-0.4, -0.2) is 46.8 Å². The number of methoxy groups -OCH3 is 4. The number of rotatable bonds is 8. The molecular formula is C29H33NO7. The van der Waals surface area contributed by atoms with E-state index >= 15 is 0 Å². The first kappa shape index (κ1) is 26.1. The van der Waals surface area contributed by atoms with Gasteiger partial charge >= 0.3 is 5.97 Å². The zero-order valence-electron chi connectivity index (χ0n) is 21.9. The lowest BCUT2D eigenvalue weighted by Gasteiger charge is -2.40. The first-order valence-electron chi connectivity index (χ1n) is 12.2. The van der Waals surface area contributed by atoms with Crippen molar-refractivity contribution in [1.82, 2.24) is 5.32 Å². The zero-order valence-corrected chi connectivity index (χ0v) is 21.9. The molecule has 4 rings (SSSR count). The van der Waals surface area contributed by atoms with Gasteiger partial charge in [-0.2, -0.15) is 0 Å². The van der Waals surface area contributed by atoms with Gasteiger partial charge in [-0.05, 0) is 43.0 Å². The number of allylic oxidation sites excluding steroid dienone is 2. The van der Waals surface area contributed by atoms with E-state index in [9.17, 15) is 9.59 Å². The van der Waals surface area contributed by atoms with Crippen molar-refractivity contribution in [2.24, 2.45) is 5.92 Å². The van der Waals surface area contributed by atoms with Crippen LogP contribution in [0.15, 0.2) is 59.9 Å². The third kappa shape index (κ3) is 4.88. The highest BCUT2D eigenvalue weighted by Gasteiger charge is 2.46. The number of Topliss-reactive ketones (excluding diaryl/α,β-unsaturated/α-hetero) is 1. The highest BCUT2D eigenvalue weighted by Crippen LogP contribution is 2.50. The highest BCUT2D eigenvalue weighted by atomic mass is 16.5. The fourth-order valence-corrected chi connectivity index (χ4v) is 5.31. The monoisotopic (exact) mass is 507 g/mol.